The van der Waals surface area contributed by atoms with E-state index in [-0.39, 0.29) is 6.04 Å². The predicted molar refractivity (Wildman–Crippen MR) is 83.0 cm³/mol. The van der Waals surface area contributed by atoms with Crippen LogP contribution in [0.3, 0.4) is 0 Å². The van der Waals surface area contributed by atoms with E-state index in [2.05, 4.69) is 17.6 Å². The number of methoxy groups -OCH3 is 1. The zero-order chi connectivity index (χ0) is 14.5. The van der Waals surface area contributed by atoms with Crippen molar-refractivity contribution in [2.45, 2.75) is 19.4 Å². The first-order valence-corrected chi connectivity index (χ1v) is 6.87. The van der Waals surface area contributed by atoms with Gasteiger partial charge in [0.05, 0.1) is 13.2 Å². The molecule has 0 amide bonds. The summed E-state index contributed by atoms with van der Waals surface area (Å²) >= 11 is 5.90. The van der Waals surface area contributed by atoms with Crippen molar-refractivity contribution in [3.8, 4) is 5.75 Å². The Labute approximate surface area is 124 Å². The quantitative estimate of drug-likeness (QED) is 0.655. The minimum Gasteiger partial charge on any atom is -0.496 e. The fraction of sp³-hybridized carbons (Fsp3) is 0.250. The number of nitrogens with two attached hydrogens (primary N) is 1. The SMILES string of the molecule is COc1cc(C)ccc1C(Cc1ccc(Cl)cc1)NN. The zero-order valence-corrected chi connectivity index (χ0v) is 12.4. The van der Waals surface area contributed by atoms with Gasteiger partial charge in [-0.3, -0.25) is 11.3 Å². The summed E-state index contributed by atoms with van der Waals surface area (Å²) in [5, 5.41) is 0.735. The van der Waals surface area contributed by atoms with Crippen molar-refractivity contribution >= 4 is 11.6 Å². The van der Waals surface area contributed by atoms with Crippen LogP contribution in [0.15, 0.2) is 42.5 Å². The van der Waals surface area contributed by atoms with Gasteiger partial charge in [0, 0.05) is 10.6 Å². The number of hydrogen-bond acceptors (Lipinski definition) is 3. The lowest BCUT2D eigenvalue weighted by Crippen LogP contribution is -2.30. The first-order valence-electron chi connectivity index (χ1n) is 6.49. The van der Waals surface area contributed by atoms with E-state index in [1.165, 1.54) is 5.56 Å². The molecule has 0 fully saturated rings. The van der Waals surface area contributed by atoms with Crippen LogP contribution in [0.1, 0.15) is 22.7 Å². The maximum Gasteiger partial charge on any atom is 0.123 e. The van der Waals surface area contributed by atoms with E-state index in [1.54, 1.807) is 7.11 Å². The number of hydrazine groups is 1. The van der Waals surface area contributed by atoms with Gasteiger partial charge < -0.3 is 4.74 Å². The van der Waals surface area contributed by atoms with Crippen LogP contribution in [0.25, 0.3) is 0 Å². The Bertz CT molecular complexity index is 569. The molecule has 0 bridgehead atoms. The largest absolute Gasteiger partial charge is 0.496 e. The average Bonchev–Trinajstić information content (AvgIpc) is 2.47. The first-order chi connectivity index (χ1) is 9.63. The summed E-state index contributed by atoms with van der Waals surface area (Å²) in [4.78, 5) is 0. The van der Waals surface area contributed by atoms with Crippen molar-refractivity contribution in [1.82, 2.24) is 5.43 Å². The number of rotatable bonds is 5. The van der Waals surface area contributed by atoms with Gasteiger partial charge in [-0.2, -0.15) is 0 Å². The molecule has 0 aromatic heterocycles. The van der Waals surface area contributed by atoms with Gasteiger partial charge >= 0.3 is 0 Å². The molecule has 2 aromatic carbocycles. The molecule has 2 rings (SSSR count). The molecule has 0 aliphatic heterocycles. The van der Waals surface area contributed by atoms with E-state index in [9.17, 15) is 0 Å². The third kappa shape index (κ3) is 3.51. The monoisotopic (exact) mass is 290 g/mol. The van der Waals surface area contributed by atoms with Gasteiger partial charge in [-0.25, -0.2) is 0 Å². The third-order valence-electron chi connectivity index (χ3n) is 3.32. The number of nitrogens with one attached hydrogen (secondary N) is 1. The maximum atomic E-state index is 5.90. The molecule has 0 radical (unpaired) electrons. The topological polar surface area (TPSA) is 47.3 Å². The van der Waals surface area contributed by atoms with Gasteiger partial charge in [0.1, 0.15) is 5.75 Å². The van der Waals surface area contributed by atoms with Crippen LogP contribution < -0.4 is 16.0 Å². The molecule has 20 heavy (non-hydrogen) atoms. The molecule has 3 N–H and O–H groups in total. The van der Waals surface area contributed by atoms with E-state index >= 15 is 0 Å². The highest BCUT2D eigenvalue weighted by atomic mass is 35.5. The third-order valence-corrected chi connectivity index (χ3v) is 3.57. The predicted octanol–water partition coefficient (Wildman–Crippen LogP) is 3.40. The maximum absolute atomic E-state index is 5.90. The highest BCUT2D eigenvalue weighted by Gasteiger charge is 2.15. The zero-order valence-electron chi connectivity index (χ0n) is 11.7. The molecule has 0 saturated heterocycles. The molecule has 2 aromatic rings. The molecule has 1 atom stereocenters. The number of ether oxygens (including phenoxy) is 1. The summed E-state index contributed by atoms with van der Waals surface area (Å²) in [6.07, 6.45) is 0.771. The molecule has 1 unspecified atom stereocenters. The van der Waals surface area contributed by atoms with Gasteiger partial charge in [-0.1, -0.05) is 35.9 Å². The van der Waals surface area contributed by atoms with Crippen LogP contribution in [-0.2, 0) is 6.42 Å². The number of benzene rings is 2. The van der Waals surface area contributed by atoms with E-state index in [0.29, 0.717) is 0 Å². The summed E-state index contributed by atoms with van der Waals surface area (Å²) in [5.41, 5.74) is 6.24. The molecule has 0 heterocycles. The molecule has 106 valence electrons. The van der Waals surface area contributed by atoms with Crippen molar-refractivity contribution in [3.63, 3.8) is 0 Å². The van der Waals surface area contributed by atoms with E-state index < -0.39 is 0 Å². The van der Waals surface area contributed by atoms with Crippen molar-refractivity contribution in [2.75, 3.05) is 7.11 Å². The van der Waals surface area contributed by atoms with E-state index in [1.807, 2.05) is 37.3 Å². The van der Waals surface area contributed by atoms with Crippen LogP contribution in [0, 0.1) is 6.92 Å². The molecule has 0 saturated carbocycles. The second-order valence-corrected chi connectivity index (χ2v) is 5.23. The minimum absolute atomic E-state index is 0.00766. The molecule has 3 nitrogen and oxygen atoms in total. The Morgan fingerprint density at radius 3 is 2.50 bits per heavy atom. The summed E-state index contributed by atoms with van der Waals surface area (Å²) in [6, 6.07) is 13.9. The lowest BCUT2D eigenvalue weighted by atomic mass is 9.97. The smallest absolute Gasteiger partial charge is 0.123 e. The molecular weight excluding hydrogens is 272 g/mol. The van der Waals surface area contributed by atoms with E-state index in [0.717, 1.165) is 28.3 Å². The van der Waals surface area contributed by atoms with Crippen LogP contribution in [0.2, 0.25) is 5.02 Å². The average molecular weight is 291 g/mol. The summed E-state index contributed by atoms with van der Waals surface area (Å²) in [6.45, 7) is 2.04. The standard InChI is InChI=1S/C16H19ClN2O/c1-11-3-8-14(16(9-11)20-2)15(19-18)10-12-4-6-13(17)7-5-12/h3-9,15,19H,10,18H2,1-2H3. The second kappa shape index (κ2) is 6.75. The highest BCUT2D eigenvalue weighted by molar-refractivity contribution is 6.30. The number of hydrogen-bond donors (Lipinski definition) is 2. The Morgan fingerprint density at radius 1 is 1.20 bits per heavy atom. The Morgan fingerprint density at radius 2 is 1.90 bits per heavy atom. The number of halogens is 1. The first kappa shape index (κ1) is 14.9. The lowest BCUT2D eigenvalue weighted by molar-refractivity contribution is 0.398. The van der Waals surface area contributed by atoms with Crippen LogP contribution in [0.4, 0.5) is 0 Å². The highest BCUT2D eigenvalue weighted by Crippen LogP contribution is 2.28. The van der Waals surface area contributed by atoms with Gasteiger partial charge in [-0.15, -0.1) is 0 Å². The molecule has 4 heteroatoms. The fourth-order valence-corrected chi connectivity index (χ4v) is 2.35. The van der Waals surface area contributed by atoms with E-state index in [4.69, 9.17) is 22.2 Å². The van der Waals surface area contributed by atoms with Gasteiger partial charge in [0.2, 0.25) is 0 Å². The summed E-state index contributed by atoms with van der Waals surface area (Å²) in [5.74, 6) is 6.56. The van der Waals surface area contributed by atoms with Crippen LogP contribution in [0.5, 0.6) is 5.75 Å². The molecular formula is C16H19ClN2O. The molecule has 0 aliphatic rings. The number of aryl methyl sites for hydroxylation is 1. The van der Waals surface area contributed by atoms with Crippen molar-refractivity contribution in [1.29, 1.82) is 0 Å². The normalized spacial score (nSPS) is 12.2. The van der Waals surface area contributed by atoms with Crippen molar-refractivity contribution in [2.24, 2.45) is 5.84 Å². The summed E-state index contributed by atoms with van der Waals surface area (Å²) < 4.78 is 5.45. The molecule has 0 aliphatic carbocycles. The second-order valence-electron chi connectivity index (χ2n) is 4.80. The van der Waals surface area contributed by atoms with Gasteiger partial charge in [0.25, 0.3) is 0 Å². The Balaban J connectivity index is 2.26. The van der Waals surface area contributed by atoms with Crippen molar-refractivity contribution in [3.05, 3.63) is 64.2 Å². The summed E-state index contributed by atoms with van der Waals surface area (Å²) in [7, 11) is 1.67. The van der Waals surface area contributed by atoms with Gasteiger partial charge in [-0.05, 0) is 42.7 Å². The Kier molecular flexibility index (Phi) is 5.01. The lowest BCUT2D eigenvalue weighted by Gasteiger charge is -2.19. The van der Waals surface area contributed by atoms with Crippen LogP contribution in [-0.4, -0.2) is 7.11 Å². The van der Waals surface area contributed by atoms with Crippen LogP contribution >= 0.6 is 11.6 Å². The minimum atomic E-state index is -0.00766. The fourth-order valence-electron chi connectivity index (χ4n) is 2.22. The van der Waals surface area contributed by atoms with Gasteiger partial charge in [0.15, 0.2) is 0 Å². The molecule has 0 spiro atoms. The van der Waals surface area contributed by atoms with Crippen molar-refractivity contribution < 1.29 is 4.74 Å². The Hall–Kier alpha value is -1.55.